The number of fused-ring (bicyclic) bond motifs is 1. The van der Waals surface area contributed by atoms with Crippen LogP contribution in [0.5, 0.6) is 0 Å². The molecule has 0 atom stereocenters. The maximum Gasteiger partial charge on any atom is 0.251 e. The second-order valence-corrected chi connectivity index (χ2v) is 7.59. The third-order valence-corrected chi connectivity index (χ3v) is 5.54. The van der Waals surface area contributed by atoms with E-state index in [9.17, 15) is 17.6 Å². The van der Waals surface area contributed by atoms with Gasteiger partial charge in [-0.25, -0.2) is 17.5 Å². The second-order valence-electron chi connectivity index (χ2n) is 5.82. The minimum Gasteiger partial charge on any atom is -0.311 e. The molecule has 130 valence electrons. The average molecular weight is 360 g/mol. The molecule has 0 unspecified atom stereocenters. The largest absolute Gasteiger partial charge is 0.311 e. The van der Waals surface area contributed by atoms with Crippen LogP contribution in [-0.2, 0) is 23.6 Å². The van der Waals surface area contributed by atoms with Crippen LogP contribution in [0.15, 0.2) is 58.2 Å². The lowest BCUT2D eigenvalue weighted by Crippen LogP contribution is -2.24. The van der Waals surface area contributed by atoms with Crippen molar-refractivity contribution in [1.82, 2.24) is 9.29 Å². The molecule has 0 aliphatic rings. The monoisotopic (exact) mass is 360 g/mol. The number of halogens is 1. The highest BCUT2D eigenvalue weighted by atomic mass is 32.2. The summed E-state index contributed by atoms with van der Waals surface area (Å²) >= 11 is 0. The van der Waals surface area contributed by atoms with Crippen molar-refractivity contribution in [2.45, 2.75) is 18.4 Å². The first-order chi connectivity index (χ1) is 11.8. The summed E-state index contributed by atoms with van der Waals surface area (Å²) in [5, 5.41) is 0.677. The van der Waals surface area contributed by atoms with Crippen LogP contribution in [0.25, 0.3) is 10.9 Å². The van der Waals surface area contributed by atoms with Gasteiger partial charge in [0.25, 0.3) is 5.56 Å². The summed E-state index contributed by atoms with van der Waals surface area (Å²) in [5.74, 6) is -0.463. The fourth-order valence-electron chi connectivity index (χ4n) is 2.67. The highest BCUT2D eigenvalue weighted by molar-refractivity contribution is 7.89. The van der Waals surface area contributed by atoms with Gasteiger partial charge in [0.05, 0.1) is 10.4 Å². The first-order valence-electron chi connectivity index (χ1n) is 7.63. The van der Waals surface area contributed by atoms with Gasteiger partial charge in [-0.15, -0.1) is 0 Å². The van der Waals surface area contributed by atoms with Crippen LogP contribution in [0, 0.1) is 12.7 Å². The van der Waals surface area contributed by atoms with E-state index in [2.05, 4.69) is 4.72 Å². The highest BCUT2D eigenvalue weighted by Gasteiger charge is 2.16. The fraction of sp³-hybridized carbons (Fsp3) is 0.167. The molecule has 3 rings (SSSR count). The van der Waals surface area contributed by atoms with E-state index in [4.69, 9.17) is 0 Å². The van der Waals surface area contributed by atoms with Crippen molar-refractivity contribution in [3.63, 3.8) is 0 Å². The molecule has 25 heavy (non-hydrogen) atoms. The minimum atomic E-state index is -3.81. The molecule has 0 amide bonds. The molecule has 5 nitrogen and oxygen atoms in total. The summed E-state index contributed by atoms with van der Waals surface area (Å²) in [6.07, 6.45) is 0. The van der Waals surface area contributed by atoms with Crippen molar-refractivity contribution >= 4 is 20.9 Å². The maximum absolute atomic E-state index is 13.6. The van der Waals surface area contributed by atoms with Crippen LogP contribution in [-0.4, -0.2) is 13.0 Å². The average Bonchev–Trinajstić information content (AvgIpc) is 2.58. The molecule has 0 bridgehead atoms. The van der Waals surface area contributed by atoms with Gasteiger partial charge < -0.3 is 4.57 Å². The maximum atomic E-state index is 13.6. The molecular formula is C18H17FN2O3S. The normalized spacial score (nSPS) is 11.8. The minimum absolute atomic E-state index is 0.0677. The number of nitrogens with one attached hydrogen (secondary N) is 1. The zero-order valence-corrected chi connectivity index (χ0v) is 14.6. The molecule has 2 aromatic carbocycles. The molecular weight excluding hydrogens is 343 g/mol. The molecule has 0 aliphatic heterocycles. The summed E-state index contributed by atoms with van der Waals surface area (Å²) in [6.45, 7) is 1.62. The van der Waals surface area contributed by atoms with Crippen molar-refractivity contribution in [3.8, 4) is 0 Å². The Labute approximate surface area is 144 Å². The van der Waals surface area contributed by atoms with Gasteiger partial charge in [-0.1, -0.05) is 18.2 Å². The molecule has 0 fully saturated rings. The van der Waals surface area contributed by atoms with Gasteiger partial charge in [0.1, 0.15) is 5.82 Å². The lowest BCUT2D eigenvalue weighted by molar-refractivity contribution is 0.574. The van der Waals surface area contributed by atoms with Crippen molar-refractivity contribution in [3.05, 3.63) is 75.8 Å². The Balaban J connectivity index is 1.97. The van der Waals surface area contributed by atoms with E-state index < -0.39 is 15.8 Å². The first-order valence-corrected chi connectivity index (χ1v) is 9.11. The molecule has 0 saturated heterocycles. The Morgan fingerprint density at radius 3 is 2.56 bits per heavy atom. The highest BCUT2D eigenvalue weighted by Crippen LogP contribution is 2.21. The van der Waals surface area contributed by atoms with Gasteiger partial charge in [0.15, 0.2) is 0 Å². The quantitative estimate of drug-likeness (QED) is 0.777. The number of aryl methyl sites for hydroxylation is 2. The van der Waals surface area contributed by atoms with Crippen molar-refractivity contribution in [2.75, 3.05) is 0 Å². The number of benzene rings is 2. The Morgan fingerprint density at radius 2 is 1.84 bits per heavy atom. The lowest BCUT2D eigenvalue weighted by Gasteiger charge is -2.11. The Morgan fingerprint density at radius 1 is 1.12 bits per heavy atom. The SMILES string of the molecule is Cc1cc(=O)n(C)c2ccc(S(=O)(=O)NCc3ccccc3F)cc12. The summed E-state index contributed by atoms with van der Waals surface area (Å²) < 4.78 is 42.6. The van der Waals surface area contributed by atoms with E-state index in [0.717, 1.165) is 0 Å². The standard InChI is InChI=1S/C18H17FN2O3S/c1-12-9-18(22)21(2)17-8-7-14(10-15(12)17)25(23,24)20-11-13-5-3-4-6-16(13)19/h3-10,20H,11H2,1-2H3. The molecule has 0 saturated carbocycles. The van der Waals surface area contributed by atoms with Gasteiger partial charge in [-0.3, -0.25) is 4.79 Å². The molecule has 0 radical (unpaired) electrons. The molecule has 0 aliphatic carbocycles. The molecule has 1 N–H and O–H groups in total. The Kier molecular flexibility index (Phi) is 4.45. The van der Waals surface area contributed by atoms with E-state index in [0.29, 0.717) is 16.5 Å². The van der Waals surface area contributed by atoms with E-state index in [1.165, 1.54) is 34.9 Å². The van der Waals surface area contributed by atoms with E-state index >= 15 is 0 Å². The summed E-state index contributed by atoms with van der Waals surface area (Å²) in [4.78, 5) is 11.9. The number of aromatic nitrogens is 1. The number of pyridine rings is 1. The van der Waals surface area contributed by atoms with Gasteiger partial charge in [-0.05, 0) is 36.8 Å². The molecule has 3 aromatic rings. The molecule has 1 aromatic heterocycles. The third kappa shape index (κ3) is 3.33. The van der Waals surface area contributed by atoms with Gasteiger partial charge in [0.2, 0.25) is 10.0 Å². The Bertz CT molecular complexity index is 1120. The van der Waals surface area contributed by atoms with E-state index in [1.807, 2.05) is 0 Å². The van der Waals surface area contributed by atoms with E-state index in [1.54, 1.807) is 32.2 Å². The predicted molar refractivity (Wildman–Crippen MR) is 94.4 cm³/mol. The fourth-order valence-corrected chi connectivity index (χ4v) is 3.70. The zero-order chi connectivity index (χ0) is 18.2. The number of nitrogens with zero attached hydrogens (tertiary/aromatic N) is 1. The lowest BCUT2D eigenvalue weighted by atomic mass is 10.1. The molecule has 0 spiro atoms. The number of rotatable bonds is 4. The van der Waals surface area contributed by atoms with Gasteiger partial charge in [-0.2, -0.15) is 0 Å². The summed E-state index contributed by atoms with van der Waals surface area (Å²) in [6, 6.07) is 12.0. The van der Waals surface area contributed by atoms with Crippen LogP contribution in [0.4, 0.5) is 4.39 Å². The summed E-state index contributed by atoms with van der Waals surface area (Å²) in [7, 11) is -2.18. The van der Waals surface area contributed by atoms with Gasteiger partial charge in [0, 0.05) is 30.6 Å². The predicted octanol–water partition coefficient (Wildman–Crippen LogP) is 2.46. The van der Waals surface area contributed by atoms with Crippen LogP contribution in [0.3, 0.4) is 0 Å². The molecule has 1 heterocycles. The van der Waals surface area contributed by atoms with Crippen LogP contribution in [0.2, 0.25) is 0 Å². The topological polar surface area (TPSA) is 68.2 Å². The van der Waals surface area contributed by atoms with Crippen molar-refractivity contribution < 1.29 is 12.8 Å². The Hall–Kier alpha value is -2.51. The van der Waals surface area contributed by atoms with Crippen LogP contribution < -0.4 is 10.3 Å². The van der Waals surface area contributed by atoms with Crippen molar-refractivity contribution in [2.24, 2.45) is 7.05 Å². The van der Waals surface area contributed by atoms with E-state index in [-0.39, 0.29) is 22.6 Å². The summed E-state index contributed by atoms with van der Waals surface area (Å²) in [5.41, 5.74) is 1.46. The molecule has 7 heteroatoms. The number of hydrogen-bond donors (Lipinski definition) is 1. The second kappa shape index (κ2) is 6.42. The number of sulfonamides is 1. The zero-order valence-electron chi connectivity index (χ0n) is 13.8. The number of hydrogen-bond acceptors (Lipinski definition) is 3. The smallest absolute Gasteiger partial charge is 0.251 e. The van der Waals surface area contributed by atoms with Gasteiger partial charge >= 0.3 is 0 Å². The van der Waals surface area contributed by atoms with Crippen LogP contribution in [0.1, 0.15) is 11.1 Å². The third-order valence-electron chi connectivity index (χ3n) is 4.15. The van der Waals surface area contributed by atoms with Crippen molar-refractivity contribution in [1.29, 1.82) is 0 Å². The van der Waals surface area contributed by atoms with Crippen LogP contribution >= 0.6 is 0 Å². The first kappa shape index (κ1) is 17.3.